The smallest absolute Gasteiger partial charge is 0.237 e. The molecule has 1 fully saturated rings. The van der Waals surface area contributed by atoms with Gasteiger partial charge in [0.15, 0.2) is 0 Å². The van der Waals surface area contributed by atoms with E-state index >= 15 is 0 Å². The summed E-state index contributed by atoms with van der Waals surface area (Å²) < 4.78 is 0. The molecule has 0 radical (unpaired) electrons. The van der Waals surface area contributed by atoms with Crippen molar-refractivity contribution in [3.63, 3.8) is 0 Å². The topological polar surface area (TPSA) is 43.9 Å². The third-order valence-corrected chi connectivity index (χ3v) is 5.38. The molecule has 2 amide bonds. The highest BCUT2D eigenvalue weighted by Gasteiger charge is 2.28. The van der Waals surface area contributed by atoms with Gasteiger partial charge in [0.1, 0.15) is 0 Å². The van der Waals surface area contributed by atoms with Crippen molar-refractivity contribution in [3.8, 4) is 0 Å². The number of hydrogen-bond donors (Lipinski definition) is 0. The van der Waals surface area contributed by atoms with Crippen molar-refractivity contribution in [2.24, 2.45) is 0 Å². The minimum atomic E-state index is 0.122. The highest BCUT2D eigenvalue weighted by atomic mass is 16.2. The first-order valence-corrected chi connectivity index (χ1v) is 8.87. The first-order chi connectivity index (χ1) is 11.6. The second-order valence-electron chi connectivity index (χ2n) is 6.89. The van der Waals surface area contributed by atoms with Gasteiger partial charge in [-0.1, -0.05) is 24.3 Å². The third-order valence-electron chi connectivity index (χ3n) is 5.38. The summed E-state index contributed by atoms with van der Waals surface area (Å²) in [6, 6.07) is 8.68. The maximum Gasteiger partial charge on any atom is 0.237 e. The Morgan fingerprint density at radius 3 is 2.58 bits per heavy atom. The molecule has 1 aliphatic carbocycles. The largest absolute Gasteiger partial charge is 0.340 e. The summed E-state index contributed by atoms with van der Waals surface area (Å²) in [7, 11) is 1.93. The van der Waals surface area contributed by atoms with E-state index in [0.717, 1.165) is 45.4 Å². The maximum absolute atomic E-state index is 12.7. The Kier molecular flexibility index (Phi) is 5.19. The minimum absolute atomic E-state index is 0.122. The lowest BCUT2D eigenvalue weighted by molar-refractivity contribution is -0.135. The summed E-state index contributed by atoms with van der Waals surface area (Å²) in [6.45, 7) is 5.05. The molecule has 5 heteroatoms. The van der Waals surface area contributed by atoms with Gasteiger partial charge in [-0.25, -0.2) is 0 Å². The third kappa shape index (κ3) is 3.61. The van der Waals surface area contributed by atoms with Gasteiger partial charge in [-0.3, -0.25) is 14.5 Å². The molecule has 1 aliphatic heterocycles. The van der Waals surface area contributed by atoms with Gasteiger partial charge in [0, 0.05) is 40.2 Å². The number of benzene rings is 1. The van der Waals surface area contributed by atoms with Crippen LogP contribution in [-0.4, -0.2) is 66.3 Å². The molecule has 5 nitrogen and oxygen atoms in total. The van der Waals surface area contributed by atoms with E-state index < -0.39 is 0 Å². The van der Waals surface area contributed by atoms with Gasteiger partial charge in [-0.2, -0.15) is 0 Å². The van der Waals surface area contributed by atoms with Crippen molar-refractivity contribution in [1.82, 2.24) is 14.7 Å². The van der Waals surface area contributed by atoms with Crippen molar-refractivity contribution < 1.29 is 9.59 Å². The number of aryl methyl sites for hydroxylation is 1. The van der Waals surface area contributed by atoms with Crippen LogP contribution in [0.2, 0.25) is 0 Å². The zero-order valence-corrected chi connectivity index (χ0v) is 14.7. The van der Waals surface area contributed by atoms with Crippen molar-refractivity contribution in [3.05, 3.63) is 35.4 Å². The van der Waals surface area contributed by atoms with Crippen LogP contribution < -0.4 is 0 Å². The summed E-state index contributed by atoms with van der Waals surface area (Å²) >= 11 is 0. The molecule has 0 N–H and O–H groups in total. The second-order valence-corrected chi connectivity index (χ2v) is 6.89. The van der Waals surface area contributed by atoms with E-state index in [9.17, 15) is 9.59 Å². The predicted octanol–water partition coefficient (Wildman–Crippen LogP) is 1.69. The number of carbonyl (C=O) groups excluding carboxylic acids is 2. The maximum atomic E-state index is 12.7. The summed E-state index contributed by atoms with van der Waals surface area (Å²) in [5.74, 6) is 0.296. The van der Waals surface area contributed by atoms with Crippen molar-refractivity contribution >= 4 is 11.8 Å². The lowest BCUT2D eigenvalue weighted by atomic mass is 9.87. The first kappa shape index (κ1) is 17.0. The van der Waals surface area contributed by atoms with Crippen LogP contribution in [0.4, 0.5) is 0 Å². The number of amides is 2. The number of piperazine rings is 1. The van der Waals surface area contributed by atoms with E-state index in [1.165, 1.54) is 11.1 Å². The molecule has 24 heavy (non-hydrogen) atoms. The van der Waals surface area contributed by atoms with Crippen LogP contribution in [0.3, 0.4) is 0 Å². The SMILES string of the molecule is CC(=O)N1CCN(CC(=O)N(C)[C@H]2CCCc3ccccc32)CC1. The fraction of sp³-hybridized carbons (Fsp3) is 0.579. The van der Waals surface area contributed by atoms with Crippen LogP contribution in [0, 0.1) is 0 Å². The molecule has 0 unspecified atom stereocenters. The van der Waals surface area contributed by atoms with Crippen molar-refractivity contribution in [1.29, 1.82) is 0 Å². The normalized spacial score (nSPS) is 21.2. The molecular formula is C19H27N3O2. The molecular weight excluding hydrogens is 302 g/mol. The van der Waals surface area contributed by atoms with Crippen molar-refractivity contribution in [2.75, 3.05) is 39.8 Å². The summed E-state index contributed by atoms with van der Waals surface area (Å²) in [4.78, 5) is 30.1. The van der Waals surface area contributed by atoms with Gasteiger partial charge < -0.3 is 9.80 Å². The Bertz CT molecular complexity index is 608. The standard InChI is InChI=1S/C19H27N3O2/c1-15(23)22-12-10-21(11-13-22)14-19(24)20(2)18-9-5-7-16-6-3-4-8-17(16)18/h3-4,6,8,18H,5,7,9-14H2,1-2H3/t18-/m0/s1. The summed E-state index contributed by atoms with van der Waals surface area (Å²) in [5, 5.41) is 0. The van der Waals surface area contributed by atoms with E-state index in [1.54, 1.807) is 6.92 Å². The van der Waals surface area contributed by atoms with Crippen LogP contribution in [0.25, 0.3) is 0 Å². The van der Waals surface area contributed by atoms with E-state index in [1.807, 2.05) is 16.8 Å². The van der Waals surface area contributed by atoms with E-state index in [2.05, 4.69) is 29.2 Å². The Labute approximate surface area is 144 Å². The van der Waals surface area contributed by atoms with Gasteiger partial charge in [0.05, 0.1) is 12.6 Å². The molecule has 0 bridgehead atoms. The summed E-state index contributed by atoms with van der Waals surface area (Å²) in [5.41, 5.74) is 2.68. The van der Waals surface area contributed by atoms with Gasteiger partial charge in [0.2, 0.25) is 11.8 Å². The fourth-order valence-electron chi connectivity index (χ4n) is 3.83. The minimum Gasteiger partial charge on any atom is -0.340 e. The van der Waals surface area contributed by atoms with Crippen molar-refractivity contribution in [2.45, 2.75) is 32.2 Å². The van der Waals surface area contributed by atoms with Crippen LogP contribution in [0.15, 0.2) is 24.3 Å². The number of fused-ring (bicyclic) bond motifs is 1. The molecule has 1 aromatic carbocycles. The molecule has 3 rings (SSSR count). The average Bonchev–Trinajstić information content (AvgIpc) is 2.61. The molecule has 2 aliphatic rings. The van der Waals surface area contributed by atoms with Gasteiger partial charge in [-0.05, 0) is 30.4 Å². The lowest BCUT2D eigenvalue weighted by Crippen LogP contribution is -2.51. The molecule has 1 heterocycles. The lowest BCUT2D eigenvalue weighted by Gasteiger charge is -2.37. The van der Waals surface area contributed by atoms with Crippen LogP contribution in [-0.2, 0) is 16.0 Å². The summed E-state index contributed by atoms with van der Waals surface area (Å²) in [6.07, 6.45) is 3.29. The highest BCUT2D eigenvalue weighted by Crippen LogP contribution is 2.33. The molecule has 1 atom stereocenters. The van der Waals surface area contributed by atoms with Gasteiger partial charge in [0.25, 0.3) is 0 Å². The van der Waals surface area contributed by atoms with E-state index in [-0.39, 0.29) is 17.9 Å². The van der Waals surface area contributed by atoms with Gasteiger partial charge in [-0.15, -0.1) is 0 Å². The number of nitrogens with zero attached hydrogens (tertiary/aromatic N) is 3. The monoisotopic (exact) mass is 329 g/mol. The zero-order valence-electron chi connectivity index (χ0n) is 14.7. The fourth-order valence-corrected chi connectivity index (χ4v) is 3.83. The Morgan fingerprint density at radius 2 is 1.88 bits per heavy atom. The van der Waals surface area contributed by atoms with Gasteiger partial charge >= 0.3 is 0 Å². The first-order valence-electron chi connectivity index (χ1n) is 8.87. The highest BCUT2D eigenvalue weighted by molar-refractivity contribution is 5.78. The van der Waals surface area contributed by atoms with E-state index in [4.69, 9.17) is 0 Å². The molecule has 130 valence electrons. The van der Waals surface area contributed by atoms with Crippen LogP contribution in [0.5, 0.6) is 0 Å². The Hall–Kier alpha value is -1.88. The second kappa shape index (κ2) is 7.34. The quantitative estimate of drug-likeness (QED) is 0.847. The Balaban J connectivity index is 1.59. The number of likely N-dealkylation sites (N-methyl/N-ethyl adjacent to an activating group) is 1. The average molecular weight is 329 g/mol. The van der Waals surface area contributed by atoms with E-state index in [0.29, 0.717) is 6.54 Å². The van der Waals surface area contributed by atoms with Crippen LogP contribution in [0.1, 0.15) is 36.9 Å². The molecule has 1 aromatic rings. The predicted molar refractivity (Wildman–Crippen MR) is 93.6 cm³/mol. The molecule has 0 aromatic heterocycles. The number of carbonyl (C=O) groups is 2. The number of rotatable bonds is 3. The molecule has 1 saturated heterocycles. The zero-order chi connectivity index (χ0) is 17.1. The Morgan fingerprint density at radius 1 is 1.17 bits per heavy atom. The molecule has 0 saturated carbocycles. The van der Waals surface area contributed by atoms with Crippen LogP contribution >= 0.6 is 0 Å². The number of hydrogen-bond acceptors (Lipinski definition) is 3. The molecule has 0 spiro atoms.